The molecular weight excluding hydrogens is 444 g/mol. The number of nitrogens with zero attached hydrogens (tertiary/aromatic N) is 2. The Hall–Kier alpha value is -3.64. The summed E-state index contributed by atoms with van der Waals surface area (Å²) in [4.78, 5) is 19.5. The molecule has 0 spiro atoms. The van der Waals surface area contributed by atoms with Crippen LogP contribution in [0.15, 0.2) is 60.7 Å². The molecule has 0 amide bonds. The lowest BCUT2D eigenvalue weighted by atomic mass is 9.86. The molecule has 6 heteroatoms. The lowest BCUT2D eigenvalue weighted by Crippen LogP contribution is -2.29. The maximum atomic E-state index is 12.2. The van der Waals surface area contributed by atoms with E-state index in [1.165, 1.54) is 11.3 Å². The van der Waals surface area contributed by atoms with Crippen molar-refractivity contribution in [1.29, 1.82) is 0 Å². The molecule has 170 valence electrons. The zero-order chi connectivity index (χ0) is 23.2. The summed E-state index contributed by atoms with van der Waals surface area (Å²) in [6.45, 7) is 4.52. The molecule has 0 bridgehead atoms. The molecule has 6 rings (SSSR count). The van der Waals surface area contributed by atoms with E-state index in [0.29, 0.717) is 12.2 Å². The van der Waals surface area contributed by atoms with Crippen LogP contribution in [0.25, 0.3) is 21.4 Å². The van der Waals surface area contributed by atoms with Crippen LogP contribution in [-0.2, 0) is 6.42 Å². The van der Waals surface area contributed by atoms with Crippen molar-refractivity contribution < 1.29 is 14.6 Å². The van der Waals surface area contributed by atoms with Gasteiger partial charge in [-0.2, -0.15) is 0 Å². The molecule has 1 N–H and O–H groups in total. The van der Waals surface area contributed by atoms with Crippen molar-refractivity contribution in [2.24, 2.45) is 0 Å². The molecule has 4 aromatic rings. The van der Waals surface area contributed by atoms with Crippen LogP contribution >= 0.6 is 11.3 Å². The molecule has 1 aromatic heterocycles. The van der Waals surface area contributed by atoms with E-state index in [2.05, 4.69) is 30.0 Å². The Morgan fingerprint density at radius 2 is 1.94 bits per heavy atom. The number of aromatic carboxylic acids is 1. The summed E-state index contributed by atoms with van der Waals surface area (Å²) < 4.78 is 7.43. The zero-order valence-corrected chi connectivity index (χ0v) is 19.7. The first-order valence-corrected chi connectivity index (χ1v) is 12.4. The van der Waals surface area contributed by atoms with E-state index in [4.69, 9.17) is 9.72 Å². The molecule has 0 radical (unpaired) electrons. The number of rotatable bonds is 4. The average Bonchev–Trinajstić information content (AvgIpc) is 3.30. The minimum Gasteiger partial charge on any atom is -0.488 e. The number of anilines is 1. The zero-order valence-electron chi connectivity index (χ0n) is 18.9. The largest absolute Gasteiger partial charge is 0.488 e. The van der Waals surface area contributed by atoms with Crippen LogP contribution in [0.2, 0.25) is 0 Å². The first-order chi connectivity index (χ1) is 16.6. The summed E-state index contributed by atoms with van der Waals surface area (Å²) in [7, 11) is 0. The Bertz CT molecular complexity index is 1440. The van der Waals surface area contributed by atoms with Crippen molar-refractivity contribution in [2.45, 2.75) is 19.8 Å². The number of fused-ring (bicyclic) bond motifs is 3. The maximum Gasteiger partial charge on any atom is 0.336 e. The molecule has 0 saturated carbocycles. The molecule has 0 saturated heterocycles. The number of carboxylic acids is 1. The molecule has 2 aliphatic heterocycles. The molecule has 3 heterocycles. The van der Waals surface area contributed by atoms with Gasteiger partial charge < -0.3 is 14.7 Å². The van der Waals surface area contributed by atoms with E-state index in [1.54, 1.807) is 23.5 Å². The number of benzene rings is 3. The van der Waals surface area contributed by atoms with Crippen LogP contribution in [0.1, 0.15) is 45.4 Å². The van der Waals surface area contributed by atoms with E-state index < -0.39 is 5.97 Å². The fourth-order valence-electron chi connectivity index (χ4n) is 5.08. The third-order valence-electron chi connectivity index (χ3n) is 6.70. The lowest BCUT2D eigenvalue weighted by molar-refractivity contribution is 0.0696. The number of aryl methyl sites for hydroxylation is 1. The summed E-state index contributed by atoms with van der Waals surface area (Å²) in [6, 6.07) is 19.7. The van der Waals surface area contributed by atoms with Gasteiger partial charge in [-0.15, -0.1) is 11.3 Å². The lowest BCUT2D eigenvalue weighted by Gasteiger charge is -2.33. The molecule has 0 unspecified atom stereocenters. The molecule has 34 heavy (non-hydrogen) atoms. The average molecular weight is 469 g/mol. The van der Waals surface area contributed by atoms with Gasteiger partial charge in [0.1, 0.15) is 17.4 Å². The van der Waals surface area contributed by atoms with Gasteiger partial charge in [-0.1, -0.05) is 30.3 Å². The first kappa shape index (κ1) is 20.9. The van der Waals surface area contributed by atoms with Gasteiger partial charge in [0.25, 0.3) is 0 Å². The number of carbonyl (C=O) groups is 1. The van der Waals surface area contributed by atoms with E-state index >= 15 is 0 Å². The third kappa shape index (κ3) is 3.37. The van der Waals surface area contributed by atoms with Crippen LogP contribution in [0.4, 0.5) is 5.69 Å². The number of ether oxygens (including phenoxy) is 1. The highest BCUT2D eigenvalue weighted by Crippen LogP contribution is 2.46. The summed E-state index contributed by atoms with van der Waals surface area (Å²) in [5.41, 5.74) is 7.24. The minimum atomic E-state index is -0.935. The molecule has 0 atom stereocenters. The maximum absolute atomic E-state index is 12.2. The van der Waals surface area contributed by atoms with E-state index in [0.717, 1.165) is 63.6 Å². The predicted molar refractivity (Wildman–Crippen MR) is 137 cm³/mol. The van der Waals surface area contributed by atoms with E-state index in [9.17, 15) is 9.90 Å². The summed E-state index contributed by atoms with van der Waals surface area (Å²) >= 11 is 1.62. The first-order valence-electron chi connectivity index (χ1n) is 11.6. The van der Waals surface area contributed by atoms with Gasteiger partial charge in [-0.05, 0) is 55.2 Å². The van der Waals surface area contributed by atoms with Crippen LogP contribution in [0, 0.1) is 0 Å². The number of hydrogen-bond acceptors (Lipinski definition) is 5. The second-order valence-electron chi connectivity index (χ2n) is 8.64. The number of aromatic nitrogens is 1. The fourth-order valence-corrected chi connectivity index (χ4v) is 6.08. The van der Waals surface area contributed by atoms with Crippen molar-refractivity contribution in [3.8, 4) is 5.75 Å². The Balaban J connectivity index is 1.64. The van der Waals surface area contributed by atoms with Gasteiger partial charge in [0.05, 0.1) is 15.8 Å². The molecule has 0 aliphatic carbocycles. The minimum absolute atomic E-state index is 0.289. The van der Waals surface area contributed by atoms with Crippen LogP contribution in [0.3, 0.4) is 0 Å². The summed E-state index contributed by atoms with van der Waals surface area (Å²) in [5.74, 6) is -0.130. The Morgan fingerprint density at radius 3 is 2.76 bits per heavy atom. The van der Waals surface area contributed by atoms with Crippen LogP contribution < -0.4 is 9.64 Å². The van der Waals surface area contributed by atoms with Crippen LogP contribution in [-0.4, -0.2) is 35.8 Å². The Kier molecular flexibility index (Phi) is 5.11. The Morgan fingerprint density at radius 1 is 1.12 bits per heavy atom. The highest BCUT2D eigenvalue weighted by Gasteiger charge is 2.30. The predicted octanol–water partition coefficient (Wildman–Crippen LogP) is 6.12. The number of carboxylic acid groups (broad SMARTS) is 1. The van der Waals surface area contributed by atoms with E-state index in [-0.39, 0.29) is 5.56 Å². The molecule has 2 aliphatic rings. The van der Waals surface area contributed by atoms with Crippen molar-refractivity contribution in [1.82, 2.24) is 4.98 Å². The monoisotopic (exact) mass is 468 g/mol. The summed E-state index contributed by atoms with van der Waals surface area (Å²) in [6.07, 6.45) is 2.11. The summed E-state index contributed by atoms with van der Waals surface area (Å²) in [5, 5.41) is 10.9. The van der Waals surface area contributed by atoms with Crippen LogP contribution in [0.5, 0.6) is 5.75 Å². The van der Waals surface area contributed by atoms with Crippen molar-refractivity contribution >= 4 is 44.4 Å². The van der Waals surface area contributed by atoms with Crippen molar-refractivity contribution in [3.63, 3.8) is 0 Å². The van der Waals surface area contributed by atoms with Gasteiger partial charge in [-0.3, -0.25) is 0 Å². The standard InChI is InChI=1S/C28H24N2O3S/c1-2-30-13-7-8-17-14-20-24(15-23(17)30)33-16-21(27-29-22-11-5-6-12-25(22)34-27)26(20)18-9-3-4-10-19(18)28(31)32/h3-6,9-12,14-15H,2,7-8,13,16H2,1H3,(H,31,32). The van der Waals surface area contributed by atoms with Gasteiger partial charge >= 0.3 is 5.97 Å². The Labute approximate surface area is 201 Å². The van der Waals surface area contributed by atoms with Crippen molar-refractivity contribution in [3.05, 3.63) is 87.9 Å². The molecule has 3 aromatic carbocycles. The molecular formula is C28H24N2O3S. The second kappa shape index (κ2) is 8.29. The fraction of sp³-hybridized carbons (Fsp3) is 0.214. The van der Waals surface area contributed by atoms with Gasteiger partial charge in [0.15, 0.2) is 0 Å². The number of hydrogen-bond donors (Lipinski definition) is 1. The smallest absolute Gasteiger partial charge is 0.336 e. The quantitative estimate of drug-likeness (QED) is 0.391. The second-order valence-corrected chi connectivity index (χ2v) is 9.67. The van der Waals surface area contributed by atoms with E-state index in [1.807, 2.05) is 30.3 Å². The SMILES string of the molecule is CCN1CCCc2cc3c(cc21)OCC(c1nc2ccccc2s1)=C3c1ccccc1C(=O)O. The molecule has 0 fully saturated rings. The van der Waals surface area contributed by atoms with Gasteiger partial charge in [0, 0.05) is 41.6 Å². The van der Waals surface area contributed by atoms with Gasteiger partial charge in [0.2, 0.25) is 0 Å². The third-order valence-corrected chi connectivity index (χ3v) is 7.80. The normalized spacial score (nSPS) is 15.1. The topological polar surface area (TPSA) is 62.7 Å². The van der Waals surface area contributed by atoms with Crippen molar-refractivity contribution in [2.75, 3.05) is 24.6 Å². The highest BCUT2D eigenvalue weighted by atomic mass is 32.1. The van der Waals surface area contributed by atoms with Gasteiger partial charge in [-0.25, -0.2) is 9.78 Å². The highest BCUT2D eigenvalue weighted by molar-refractivity contribution is 7.19. The number of para-hydroxylation sites is 1. The molecule has 5 nitrogen and oxygen atoms in total. The number of thiazole rings is 1.